The van der Waals surface area contributed by atoms with Gasteiger partial charge in [-0.15, -0.1) is 0 Å². The Labute approximate surface area is 66.9 Å². The summed E-state index contributed by atoms with van der Waals surface area (Å²) >= 11 is 0. The van der Waals surface area contributed by atoms with Gasteiger partial charge in [0.2, 0.25) is 0 Å². The molecule has 1 aliphatic rings. The summed E-state index contributed by atoms with van der Waals surface area (Å²) in [6.45, 7) is 0. The number of carbonyl (C=O) groups is 1. The van der Waals surface area contributed by atoms with Crippen molar-refractivity contribution in [1.82, 2.24) is 0 Å². The first-order valence-corrected chi connectivity index (χ1v) is 3.09. The Morgan fingerprint density at radius 2 is 2.08 bits per heavy atom. The molecule has 62 valence electrons. The van der Waals surface area contributed by atoms with Gasteiger partial charge in [0.05, 0.1) is 6.08 Å². The zero-order valence-corrected chi connectivity index (χ0v) is 5.85. The summed E-state index contributed by atoms with van der Waals surface area (Å²) < 4.78 is 35.3. The van der Waals surface area contributed by atoms with Crippen LogP contribution < -0.4 is 0 Å². The van der Waals surface area contributed by atoms with Crippen molar-refractivity contribution in [3.05, 3.63) is 36.0 Å². The van der Waals surface area contributed by atoms with Gasteiger partial charge in [-0.3, -0.25) is 4.79 Å². The molecule has 12 heavy (non-hydrogen) atoms. The summed E-state index contributed by atoms with van der Waals surface area (Å²) in [5.41, 5.74) is -0.384. The lowest BCUT2D eigenvalue weighted by Gasteiger charge is -2.00. The van der Waals surface area contributed by atoms with Crippen LogP contribution in [-0.4, -0.2) is 12.0 Å². The minimum Gasteiger partial charge on any atom is -0.268 e. The molecule has 0 N–H and O–H groups in total. The zero-order valence-electron chi connectivity index (χ0n) is 5.85. The third-order valence-corrected chi connectivity index (χ3v) is 1.23. The van der Waals surface area contributed by atoms with Crippen molar-refractivity contribution >= 4 is 5.78 Å². The highest BCUT2D eigenvalue weighted by atomic mass is 19.4. The predicted molar refractivity (Wildman–Crippen MR) is 36.1 cm³/mol. The summed E-state index contributed by atoms with van der Waals surface area (Å²) in [5, 5.41) is 0. The molecule has 0 radical (unpaired) electrons. The van der Waals surface area contributed by atoms with Crippen molar-refractivity contribution in [2.45, 2.75) is 6.18 Å². The molecule has 1 nitrogen and oxygen atoms in total. The maximum atomic E-state index is 11.8. The molecule has 0 atom stereocenters. The number of allylic oxidation sites excluding steroid dienone is 6. The summed E-state index contributed by atoms with van der Waals surface area (Å²) in [6, 6.07) is 0. The highest BCUT2D eigenvalue weighted by Gasteiger charge is 2.43. The Hall–Kier alpha value is -1.41. The normalized spacial score (nSPS) is 15.4. The SMILES string of the molecule is O=C(C1=CC=C[C+]=C1)C(F)(F)F. The highest BCUT2D eigenvalue weighted by molar-refractivity contribution is 6.02. The first-order valence-electron chi connectivity index (χ1n) is 3.09. The number of alkyl halides is 3. The number of hydrogen-bond acceptors (Lipinski definition) is 1. The number of rotatable bonds is 1. The number of ketones is 1. The third kappa shape index (κ3) is 1.80. The molecule has 0 aliphatic heterocycles. The summed E-state index contributed by atoms with van der Waals surface area (Å²) in [4.78, 5) is 10.5. The molecule has 0 heterocycles. The van der Waals surface area contributed by atoms with E-state index in [1.165, 1.54) is 12.2 Å². The lowest BCUT2D eigenvalue weighted by atomic mass is 10.1. The van der Waals surface area contributed by atoms with Crippen molar-refractivity contribution in [3.8, 4) is 0 Å². The van der Waals surface area contributed by atoms with Gasteiger partial charge in [-0.1, -0.05) is 0 Å². The molecule has 0 saturated carbocycles. The highest BCUT2D eigenvalue weighted by Crippen LogP contribution is 2.22. The molecule has 0 aromatic carbocycles. The van der Waals surface area contributed by atoms with E-state index in [1.54, 1.807) is 0 Å². The van der Waals surface area contributed by atoms with Crippen molar-refractivity contribution in [1.29, 1.82) is 0 Å². The van der Waals surface area contributed by atoms with E-state index in [0.717, 1.165) is 12.2 Å². The fourth-order valence-electron chi connectivity index (χ4n) is 0.698. The molecule has 1 rings (SSSR count). The molecule has 0 amide bonds. The molecule has 0 aromatic heterocycles. The first-order chi connectivity index (χ1) is 5.52. The predicted octanol–water partition coefficient (Wildman–Crippen LogP) is 1.97. The van der Waals surface area contributed by atoms with E-state index in [-0.39, 0.29) is 5.57 Å². The molecular weight excluding hydrogens is 169 g/mol. The third-order valence-electron chi connectivity index (χ3n) is 1.23. The molecule has 4 heteroatoms. The van der Waals surface area contributed by atoms with E-state index in [1.807, 2.05) is 0 Å². The van der Waals surface area contributed by atoms with Crippen molar-refractivity contribution in [3.63, 3.8) is 0 Å². The van der Waals surface area contributed by atoms with Crippen LogP contribution >= 0.6 is 0 Å². The summed E-state index contributed by atoms with van der Waals surface area (Å²) in [6.07, 6.45) is 2.47. The lowest BCUT2D eigenvalue weighted by molar-refractivity contribution is -0.166. The summed E-state index contributed by atoms with van der Waals surface area (Å²) in [5.74, 6) is -1.83. The maximum absolute atomic E-state index is 11.8. The molecule has 0 spiro atoms. The molecule has 1 aliphatic carbocycles. The zero-order chi connectivity index (χ0) is 9.19. The van der Waals surface area contributed by atoms with Gasteiger partial charge >= 0.3 is 12.0 Å². The lowest BCUT2D eigenvalue weighted by Crippen LogP contribution is -2.23. The van der Waals surface area contributed by atoms with Gasteiger partial charge in [0.25, 0.3) is 0 Å². The average molecular weight is 173 g/mol. The van der Waals surface area contributed by atoms with Gasteiger partial charge in [0.15, 0.2) is 0 Å². The van der Waals surface area contributed by atoms with Crippen LogP contribution in [0.25, 0.3) is 0 Å². The quantitative estimate of drug-likeness (QED) is 0.554. The number of halogens is 3. The summed E-state index contributed by atoms with van der Waals surface area (Å²) in [7, 11) is 0. The topological polar surface area (TPSA) is 17.1 Å². The van der Waals surface area contributed by atoms with Crippen LogP contribution in [0.4, 0.5) is 13.2 Å². The van der Waals surface area contributed by atoms with Crippen LogP contribution in [0, 0.1) is 6.08 Å². The molecular formula is C8H4F3O+. The minimum absolute atomic E-state index is 0.384. The van der Waals surface area contributed by atoms with Gasteiger partial charge < -0.3 is 0 Å². The van der Waals surface area contributed by atoms with E-state index in [2.05, 4.69) is 6.08 Å². The van der Waals surface area contributed by atoms with Crippen molar-refractivity contribution < 1.29 is 18.0 Å². The molecule has 0 bridgehead atoms. The van der Waals surface area contributed by atoms with Crippen LogP contribution in [0.3, 0.4) is 0 Å². The van der Waals surface area contributed by atoms with E-state index in [0.29, 0.717) is 0 Å². The second-order valence-electron chi connectivity index (χ2n) is 2.12. The van der Waals surface area contributed by atoms with Crippen LogP contribution in [0.2, 0.25) is 0 Å². The van der Waals surface area contributed by atoms with Crippen molar-refractivity contribution in [2.75, 3.05) is 0 Å². The first kappa shape index (κ1) is 8.68. The van der Waals surface area contributed by atoms with Gasteiger partial charge in [-0.2, -0.15) is 13.2 Å². The smallest absolute Gasteiger partial charge is 0.268 e. The monoisotopic (exact) mass is 173 g/mol. The van der Waals surface area contributed by atoms with Crippen LogP contribution in [-0.2, 0) is 4.79 Å². The second-order valence-corrected chi connectivity index (χ2v) is 2.12. The fourth-order valence-corrected chi connectivity index (χ4v) is 0.698. The second kappa shape index (κ2) is 2.91. The van der Waals surface area contributed by atoms with Gasteiger partial charge in [-0.25, -0.2) is 0 Å². The number of hydrogen-bond donors (Lipinski definition) is 0. The Balaban J connectivity index is 2.86. The Bertz CT molecular complexity index is 281. The van der Waals surface area contributed by atoms with Crippen LogP contribution in [0.15, 0.2) is 29.9 Å². The number of Topliss-reactive ketones (excluding diaryl/α,β-unsaturated/α-hetero) is 1. The van der Waals surface area contributed by atoms with Gasteiger partial charge in [0.1, 0.15) is 17.7 Å². The molecule has 0 fully saturated rings. The van der Waals surface area contributed by atoms with Crippen molar-refractivity contribution in [2.24, 2.45) is 0 Å². The van der Waals surface area contributed by atoms with Crippen LogP contribution in [0.1, 0.15) is 0 Å². The van der Waals surface area contributed by atoms with E-state index >= 15 is 0 Å². The minimum atomic E-state index is -4.80. The Morgan fingerprint density at radius 3 is 2.50 bits per heavy atom. The van der Waals surface area contributed by atoms with Crippen LogP contribution in [0.5, 0.6) is 0 Å². The Kier molecular flexibility index (Phi) is 2.11. The van der Waals surface area contributed by atoms with Gasteiger partial charge in [-0.05, 0) is 0 Å². The van der Waals surface area contributed by atoms with Gasteiger partial charge in [0, 0.05) is 12.2 Å². The maximum Gasteiger partial charge on any atom is 0.468 e. The fraction of sp³-hybridized carbons (Fsp3) is 0.125. The largest absolute Gasteiger partial charge is 0.468 e. The Morgan fingerprint density at radius 1 is 1.42 bits per heavy atom. The standard InChI is InChI=1S/C8H4F3O/c9-8(10,11)7(12)6-4-2-1-3-5-6/h1-2,4-5H/q+1. The molecule has 0 unspecified atom stereocenters. The van der Waals surface area contributed by atoms with E-state index < -0.39 is 12.0 Å². The molecule has 0 saturated heterocycles. The molecule has 0 aromatic rings. The van der Waals surface area contributed by atoms with E-state index in [4.69, 9.17) is 0 Å². The van der Waals surface area contributed by atoms with E-state index in [9.17, 15) is 18.0 Å². The average Bonchev–Trinajstić information content (AvgIpc) is 2.03. The number of carbonyl (C=O) groups excluding carboxylic acids is 1.